The molecule has 2 N–H and O–H groups in total. The fourth-order valence-electron chi connectivity index (χ4n) is 9.93. The minimum Gasteiger partial charge on any atom is -0.350 e. The van der Waals surface area contributed by atoms with Crippen LogP contribution in [0.4, 0.5) is 0 Å². The number of hydrogen-bond donors (Lipinski definition) is 2. The third-order valence-corrected chi connectivity index (χ3v) is 12.6. The van der Waals surface area contributed by atoms with Crippen molar-refractivity contribution < 1.29 is 0 Å². The van der Waals surface area contributed by atoms with Gasteiger partial charge in [0.05, 0.1) is 5.41 Å². The fourth-order valence-corrected chi connectivity index (χ4v) is 9.93. The first-order valence-corrected chi connectivity index (χ1v) is 19.7. The molecule has 0 radical (unpaired) electrons. The number of amidine groups is 1. The SMILES string of the molecule is CC1(C)c2ccccc2C2(c3ccccc3-c3ccc(C4N=C(c5ccc(-c6ccc7ccccc7c6)cc5)NC(c5ccccc5)N4)cc32)c2ccccc21. The molecule has 3 heteroatoms. The highest BCUT2D eigenvalue weighted by atomic mass is 15.3. The maximum Gasteiger partial charge on any atom is 0.131 e. The Bertz CT molecular complexity index is 2800. The van der Waals surface area contributed by atoms with Gasteiger partial charge >= 0.3 is 0 Å². The molecule has 2 unspecified atom stereocenters. The van der Waals surface area contributed by atoms with Crippen LogP contribution in [-0.2, 0) is 10.8 Å². The first kappa shape index (κ1) is 32.8. The smallest absolute Gasteiger partial charge is 0.131 e. The predicted molar refractivity (Wildman–Crippen MR) is 230 cm³/mol. The van der Waals surface area contributed by atoms with E-state index in [-0.39, 0.29) is 17.7 Å². The van der Waals surface area contributed by atoms with Crippen LogP contribution in [0.2, 0.25) is 0 Å². The molecule has 8 aromatic carbocycles. The predicted octanol–water partition coefficient (Wildman–Crippen LogP) is 11.8. The van der Waals surface area contributed by atoms with Gasteiger partial charge in [0, 0.05) is 11.0 Å². The Hall–Kier alpha value is -6.55. The third-order valence-electron chi connectivity index (χ3n) is 12.6. The summed E-state index contributed by atoms with van der Waals surface area (Å²) in [6, 6.07) is 69.1. The van der Waals surface area contributed by atoms with Gasteiger partial charge < -0.3 is 5.32 Å². The highest BCUT2D eigenvalue weighted by Crippen LogP contribution is 2.62. The topological polar surface area (TPSA) is 36.4 Å². The molecule has 268 valence electrons. The summed E-state index contributed by atoms with van der Waals surface area (Å²) in [5.74, 6) is 0.876. The van der Waals surface area contributed by atoms with Gasteiger partial charge in [-0.2, -0.15) is 0 Å². The summed E-state index contributed by atoms with van der Waals surface area (Å²) < 4.78 is 0. The first-order chi connectivity index (χ1) is 27.5. The van der Waals surface area contributed by atoms with Crippen molar-refractivity contribution in [3.8, 4) is 22.3 Å². The summed E-state index contributed by atoms with van der Waals surface area (Å²) in [5.41, 5.74) is 15.9. The molecule has 2 aliphatic carbocycles. The largest absolute Gasteiger partial charge is 0.350 e. The van der Waals surface area contributed by atoms with E-state index in [0.29, 0.717) is 0 Å². The van der Waals surface area contributed by atoms with E-state index in [9.17, 15) is 0 Å². The van der Waals surface area contributed by atoms with E-state index in [4.69, 9.17) is 4.99 Å². The van der Waals surface area contributed by atoms with Gasteiger partial charge in [0.1, 0.15) is 18.2 Å². The lowest BCUT2D eigenvalue weighted by molar-refractivity contribution is 0.408. The van der Waals surface area contributed by atoms with Crippen LogP contribution in [0.1, 0.15) is 76.3 Å². The number of benzene rings is 8. The zero-order valence-electron chi connectivity index (χ0n) is 31.5. The second-order valence-electron chi connectivity index (χ2n) is 16.0. The molecule has 1 aliphatic heterocycles. The summed E-state index contributed by atoms with van der Waals surface area (Å²) >= 11 is 0. The minimum atomic E-state index is -0.457. The van der Waals surface area contributed by atoms with Gasteiger partial charge in [-0.1, -0.05) is 196 Å². The molecule has 1 heterocycles. The molecule has 3 aliphatic rings. The lowest BCUT2D eigenvalue weighted by atomic mass is 9.55. The Balaban J connectivity index is 1.06. The molecule has 0 bridgehead atoms. The van der Waals surface area contributed by atoms with Crippen LogP contribution in [0.15, 0.2) is 193 Å². The van der Waals surface area contributed by atoms with Gasteiger partial charge in [-0.15, -0.1) is 0 Å². The molecule has 0 aromatic heterocycles. The number of fused-ring (bicyclic) bond motifs is 10. The van der Waals surface area contributed by atoms with Crippen molar-refractivity contribution in [3.05, 3.63) is 238 Å². The maximum atomic E-state index is 5.46. The second kappa shape index (κ2) is 12.5. The molecule has 1 spiro atoms. The van der Waals surface area contributed by atoms with Crippen LogP contribution < -0.4 is 10.6 Å². The molecule has 2 atom stereocenters. The molecule has 3 nitrogen and oxygen atoms in total. The van der Waals surface area contributed by atoms with E-state index in [1.807, 2.05) is 0 Å². The zero-order chi connectivity index (χ0) is 37.4. The van der Waals surface area contributed by atoms with Crippen molar-refractivity contribution in [2.24, 2.45) is 4.99 Å². The number of aliphatic imine (C=N–C) groups is 1. The third kappa shape index (κ3) is 4.84. The molecule has 0 saturated heterocycles. The van der Waals surface area contributed by atoms with Crippen LogP contribution >= 0.6 is 0 Å². The average Bonchev–Trinajstić information content (AvgIpc) is 3.56. The second-order valence-corrected chi connectivity index (χ2v) is 16.0. The van der Waals surface area contributed by atoms with E-state index in [1.54, 1.807) is 0 Å². The summed E-state index contributed by atoms with van der Waals surface area (Å²) in [6.07, 6.45) is -0.418. The molecule has 0 amide bonds. The number of nitrogens with one attached hydrogen (secondary N) is 2. The minimum absolute atomic E-state index is 0.134. The summed E-state index contributed by atoms with van der Waals surface area (Å²) in [4.78, 5) is 5.46. The summed E-state index contributed by atoms with van der Waals surface area (Å²) in [7, 11) is 0. The van der Waals surface area contributed by atoms with Crippen LogP contribution in [-0.4, -0.2) is 5.84 Å². The molecule has 0 fully saturated rings. The quantitative estimate of drug-likeness (QED) is 0.190. The number of nitrogens with zero attached hydrogens (tertiary/aromatic N) is 1. The molecular formula is C53H41N3. The molecular weight excluding hydrogens is 679 g/mol. The van der Waals surface area contributed by atoms with Crippen LogP contribution in [0.3, 0.4) is 0 Å². The molecule has 0 saturated carbocycles. The van der Waals surface area contributed by atoms with E-state index < -0.39 is 5.41 Å². The number of hydrogen-bond acceptors (Lipinski definition) is 3. The van der Waals surface area contributed by atoms with Gasteiger partial charge in [-0.25, -0.2) is 4.99 Å². The van der Waals surface area contributed by atoms with Crippen LogP contribution in [0, 0.1) is 0 Å². The van der Waals surface area contributed by atoms with Crippen LogP contribution in [0.5, 0.6) is 0 Å². The Morgan fingerprint density at radius 1 is 0.429 bits per heavy atom. The monoisotopic (exact) mass is 719 g/mol. The Kier molecular flexibility index (Phi) is 7.33. The van der Waals surface area contributed by atoms with E-state index in [1.165, 1.54) is 72.0 Å². The average molecular weight is 720 g/mol. The van der Waals surface area contributed by atoms with Gasteiger partial charge in [-0.3, -0.25) is 5.32 Å². The highest BCUT2D eigenvalue weighted by Gasteiger charge is 2.53. The van der Waals surface area contributed by atoms with E-state index >= 15 is 0 Å². The van der Waals surface area contributed by atoms with Gasteiger partial charge in [-0.05, 0) is 83.6 Å². The van der Waals surface area contributed by atoms with Crippen molar-refractivity contribution in [1.29, 1.82) is 0 Å². The fraction of sp³-hybridized carbons (Fsp3) is 0.113. The maximum absolute atomic E-state index is 5.46. The standard InChI is InChI=1S/C53H41N3/c1-52(2)44-20-10-12-22-46(44)53(47-23-13-11-21-45(47)52)43-19-9-8-18-41(43)42-31-30-40(33-48(42)53)51-55-49(36-15-4-3-5-16-36)54-50(56-51)37-27-24-35(25-28-37)39-29-26-34-14-6-7-17-38(34)32-39/h3-33,49,51,55H,1-2H3,(H,54,56). The van der Waals surface area contributed by atoms with Gasteiger partial charge in [0.2, 0.25) is 0 Å². The lowest BCUT2D eigenvalue weighted by Gasteiger charge is -2.46. The zero-order valence-corrected chi connectivity index (χ0v) is 31.5. The van der Waals surface area contributed by atoms with Gasteiger partial charge in [0.25, 0.3) is 0 Å². The lowest BCUT2D eigenvalue weighted by Crippen LogP contribution is -2.45. The molecule has 56 heavy (non-hydrogen) atoms. The molecule has 11 rings (SSSR count). The van der Waals surface area contributed by atoms with Crippen molar-refractivity contribution in [2.45, 2.75) is 37.0 Å². The Morgan fingerprint density at radius 3 is 1.73 bits per heavy atom. The van der Waals surface area contributed by atoms with Crippen molar-refractivity contribution in [2.75, 3.05) is 0 Å². The van der Waals surface area contributed by atoms with Crippen molar-refractivity contribution >= 4 is 16.6 Å². The van der Waals surface area contributed by atoms with E-state index in [0.717, 1.165) is 17.0 Å². The molecule has 8 aromatic rings. The Morgan fingerprint density at radius 2 is 1.00 bits per heavy atom. The highest BCUT2D eigenvalue weighted by molar-refractivity contribution is 6.00. The Labute approximate surface area is 328 Å². The van der Waals surface area contributed by atoms with Crippen molar-refractivity contribution in [3.63, 3.8) is 0 Å². The van der Waals surface area contributed by atoms with Crippen LogP contribution in [0.25, 0.3) is 33.0 Å². The summed E-state index contributed by atoms with van der Waals surface area (Å²) in [6.45, 7) is 4.76. The first-order valence-electron chi connectivity index (χ1n) is 19.7. The van der Waals surface area contributed by atoms with Crippen molar-refractivity contribution in [1.82, 2.24) is 10.6 Å². The summed E-state index contributed by atoms with van der Waals surface area (Å²) in [5, 5.41) is 10.2. The normalized spacial score (nSPS) is 18.3. The van der Waals surface area contributed by atoms with E-state index in [2.05, 4.69) is 213 Å². The number of rotatable bonds is 4. The van der Waals surface area contributed by atoms with Gasteiger partial charge in [0.15, 0.2) is 0 Å².